The van der Waals surface area contributed by atoms with Gasteiger partial charge in [-0.1, -0.05) is 6.07 Å². The van der Waals surface area contributed by atoms with E-state index in [-0.39, 0.29) is 5.91 Å². The summed E-state index contributed by atoms with van der Waals surface area (Å²) < 4.78 is 5.33. The van der Waals surface area contributed by atoms with E-state index in [1.807, 2.05) is 25.1 Å². The van der Waals surface area contributed by atoms with E-state index in [4.69, 9.17) is 4.74 Å². The Kier molecular flexibility index (Phi) is 4.97. The van der Waals surface area contributed by atoms with Crippen molar-refractivity contribution in [2.24, 2.45) is 5.92 Å². The van der Waals surface area contributed by atoms with Gasteiger partial charge < -0.3 is 10.1 Å². The van der Waals surface area contributed by atoms with Gasteiger partial charge in [-0.25, -0.2) is 0 Å². The summed E-state index contributed by atoms with van der Waals surface area (Å²) in [6.45, 7) is 6.60. The van der Waals surface area contributed by atoms with Gasteiger partial charge in [-0.3, -0.25) is 4.79 Å². The van der Waals surface area contributed by atoms with Crippen molar-refractivity contribution in [3.8, 4) is 0 Å². The van der Waals surface area contributed by atoms with E-state index in [9.17, 15) is 4.79 Å². The fourth-order valence-electron chi connectivity index (χ4n) is 2.41. The molecule has 0 aliphatic carbocycles. The molecule has 3 heteroatoms. The number of aryl methyl sites for hydroxylation is 2. The van der Waals surface area contributed by atoms with Crippen LogP contribution >= 0.6 is 0 Å². The smallest absolute Gasteiger partial charge is 0.251 e. The molecule has 1 saturated heterocycles. The summed E-state index contributed by atoms with van der Waals surface area (Å²) in [5.74, 6) is 0.740. The Hall–Kier alpha value is -1.35. The molecule has 1 N–H and O–H groups in total. The van der Waals surface area contributed by atoms with Gasteiger partial charge in [0.2, 0.25) is 0 Å². The Morgan fingerprint density at radius 2 is 2.00 bits per heavy atom. The lowest BCUT2D eigenvalue weighted by Gasteiger charge is -2.21. The number of carbonyl (C=O) groups excluding carboxylic acids is 1. The second kappa shape index (κ2) is 6.71. The molecule has 1 aliphatic rings. The van der Waals surface area contributed by atoms with E-state index in [0.717, 1.165) is 50.1 Å². The zero-order valence-corrected chi connectivity index (χ0v) is 11.9. The highest BCUT2D eigenvalue weighted by atomic mass is 16.5. The minimum atomic E-state index is 0.0372. The lowest BCUT2D eigenvalue weighted by atomic mass is 9.96. The molecular weight excluding hydrogens is 238 g/mol. The van der Waals surface area contributed by atoms with Crippen molar-refractivity contribution < 1.29 is 9.53 Å². The van der Waals surface area contributed by atoms with Crippen molar-refractivity contribution in [1.82, 2.24) is 5.32 Å². The molecule has 3 nitrogen and oxygen atoms in total. The minimum Gasteiger partial charge on any atom is -0.381 e. The van der Waals surface area contributed by atoms with Crippen LogP contribution in [0.2, 0.25) is 0 Å². The van der Waals surface area contributed by atoms with Crippen molar-refractivity contribution >= 4 is 5.91 Å². The van der Waals surface area contributed by atoms with Crippen molar-refractivity contribution in [2.75, 3.05) is 19.8 Å². The molecule has 1 aromatic rings. The monoisotopic (exact) mass is 261 g/mol. The maximum Gasteiger partial charge on any atom is 0.251 e. The van der Waals surface area contributed by atoms with Crippen molar-refractivity contribution in [2.45, 2.75) is 33.1 Å². The van der Waals surface area contributed by atoms with Crippen molar-refractivity contribution in [3.63, 3.8) is 0 Å². The van der Waals surface area contributed by atoms with Gasteiger partial charge in [-0.05, 0) is 62.3 Å². The molecule has 0 spiro atoms. The van der Waals surface area contributed by atoms with Gasteiger partial charge in [0.25, 0.3) is 5.91 Å². The fraction of sp³-hybridized carbons (Fsp3) is 0.562. The Labute approximate surface area is 115 Å². The fourth-order valence-corrected chi connectivity index (χ4v) is 2.41. The van der Waals surface area contributed by atoms with Crippen LogP contribution in [0.1, 0.15) is 40.7 Å². The lowest BCUT2D eigenvalue weighted by molar-refractivity contribution is 0.0636. The average molecular weight is 261 g/mol. The molecule has 0 saturated carbocycles. The zero-order valence-electron chi connectivity index (χ0n) is 11.9. The quantitative estimate of drug-likeness (QED) is 0.905. The van der Waals surface area contributed by atoms with Crippen LogP contribution < -0.4 is 5.32 Å². The summed E-state index contributed by atoms with van der Waals surface area (Å²) in [6, 6.07) is 5.86. The molecule has 0 bridgehead atoms. The summed E-state index contributed by atoms with van der Waals surface area (Å²) in [5, 5.41) is 3.01. The predicted octanol–water partition coefficient (Wildman–Crippen LogP) is 2.85. The number of carbonyl (C=O) groups is 1. The highest BCUT2D eigenvalue weighted by Crippen LogP contribution is 2.17. The molecule has 0 aromatic heterocycles. The van der Waals surface area contributed by atoms with Crippen molar-refractivity contribution in [3.05, 3.63) is 34.9 Å². The molecule has 0 unspecified atom stereocenters. The molecule has 0 radical (unpaired) electrons. The second-order valence-electron chi connectivity index (χ2n) is 5.40. The Morgan fingerprint density at radius 3 is 2.68 bits per heavy atom. The molecule has 2 rings (SSSR count). The van der Waals surface area contributed by atoms with Crippen LogP contribution in [0.3, 0.4) is 0 Å². The number of amides is 1. The van der Waals surface area contributed by atoms with Crippen LogP contribution in [-0.2, 0) is 4.74 Å². The topological polar surface area (TPSA) is 38.3 Å². The third kappa shape index (κ3) is 4.06. The third-order valence-electron chi connectivity index (χ3n) is 3.95. The van der Waals surface area contributed by atoms with Crippen LogP contribution in [-0.4, -0.2) is 25.7 Å². The first kappa shape index (κ1) is 14.1. The van der Waals surface area contributed by atoms with Gasteiger partial charge in [0.15, 0.2) is 0 Å². The largest absolute Gasteiger partial charge is 0.381 e. The minimum absolute atomic E-state index is 0.0372. The highest BCUT2D eigenvalue weighted by Gasteiger charge is 2.14. The van der Waals surface area contributed by atoms with E-state index >= 15 is 0 Å². The summed E-state index contributed by atoms with van der Waals surface area (Å²) in [6.07, 6.45) is 3.30. The Bertz CT molecular complexity index is 436. The number of benzene rings is 1. The van der Waals surface area contributed by atoms with Crippen LogP contribution in [0.25, 0.3) is 0 Å². The average Bonchev–Trinajstić information content (AvgIpc) is 2.43. The Balaban J connectivity index is 1.78. The van der Waals surface area contributed by atoms with Gasteiger partial charge in [0, 0.05) is 25.3 Å². The summed E-state index contributed by atoms with van der Waals surface area (Å²) in [4.78, 5) is 12.0. The maximum absolute atomic E-state index is 12.0. The van der Waals surface area contributed by atoms with Crippen LogP contribution in [0.15, 0.2) is 18.2 Å². The SMILES string of the molecule is Cc1ccc(C(=O)NCCC2CCOCC2)cc1C. The van der Waals surface area contributed by atoms with Crippen LogP contribution in [0, 0.1) is 19.8 Å². The van der Waals surface area contributed by atoms with E-state index in [1.54, 1.807) is 0 Å². The zero-order chi connectivity index (χ0) is 13.7. The summed E-state index contributed by atoms with van der Waals surface area (Å²) in [5.41, 5.74) is 3.14. The van der Waals surface area contributed by atoms with E-state index in [2.05, 4.69) is 12.2 Å². The van der Waals surface area contributed by atoms with Gasteiger partial charge in [0.1, 0.15) is 0 Å². The number of hydrogen-bond acceptors (Lipinski definition) is 2. The predicted molar refractivity (Wildman–Crippen MR) is 76.4 cm³/mol. The van der Waals surface area contributed by atoms with Gasteiger partial charge in [-0.2, -0.15) is 0 Å². The first-order chi connectivity index (χ1) is 9.16. The first-order valence-electron chi connectivity index (χ1n) is 7.10. The number of hydrogen-bond donors (Lipinski definition) is 1. The van der Waals surface area contributed by atoms with E-state index < -0.39 is 0 Å². The third-order valence-corrected chi connectivity index (χ3v) is 3.95. The molecule has 1 amide bonds. The lowest BCUT2D eigenvalue weighted by Crippen LogP contribution is -2.27. The van der Waals surface area contributed by atoms with E-state index in [0.29, 0.717) is 5.92 Å². The number of nitrogens with one attached hydrogen (secondary N) is 1. The molecule has 0 atom stereocenters. The number of rotatable bonds is 4. The van der Waals surface area contributed by atoms with Crippen molar-refractivity contribution in [1.29, 1.82) is 0 Å². The van der Waals surface area contributed by atoms with Crippen LogP contribution in [0.4, 0.5) is 0 Å². The van der Waals surface area contributed by atoms with E-state index in [1.165, 1.54) is 5.56 Å². The molecule has 1 fully saturated rings. The molecule has 1 aromatic carbocycles. The first-order valence-corrected chi connectivity index (χ1v) is 7.10. The summed E-state index contributed by atoms with van der Waals surface area (Å²) in [7, 11) is 0. The van der Waals surface area contributed by atoms with Gasteiger partial charge >= 0.3 is 0 Å². The summed E-state index contributed by atoms with van der Waals surface area (Å²) >= 11 is 0. The molecule has 104 valence electrons. The molecular formula is C16H23NO2. The normalized spacial score (nSPS) is 16.3. The molecule has 1 heterocycles. The molecule has 19 heavy (non-hydrogen) atoms. The number of ether oxygens (including phenoxy) is 1. The standard InChI is InChI=1S/C16H23NO2/c1-12-3-4-15(11-13(12)2)16(18)17-8-5-14-6-9-19-10-7-14/h3-4,11,14H,5-10H2,1-2H3,(H,17,18). The van der Waals surface area contributed by atoms with Gasteiger partial charge in [0.05, 0.1) is 0 Å². The van der Waals surface area contributed by atoms with Gasteiger partial charge in [-0.15, -0.1) is 0 Å². The molecule has 1 aliphatic heterocycles. The highest BCUT2D eigenvalue weighted by molar-refractivity contribution is 5.94. The second-order valence-corrected chi connectivity index (χ2v) is 5.40. The maximum atomic E-state index is 12.0. The van der Waals surface area contributed by atoms with Crippen LogP contribution in [0.5, 0.6) is 0 Å². The Morgan fingerprint density at radius 1 is 1.26 bits per heavy atom.